The van der Waals surface area contributed by atoms with E-state index in [0.717, 1.165) is 18.7 Å². The second-order valence-electron chi connectivity index (χ2n) is 4.81. The van der Waals surface area contributed by atoms with Gasteiger partial charge in [0.2, 0.25) is 5.89 Å². The van der Waals surface area contributed by atoms with Crippen LogP contribution in [0, 0.1) is 6.92 Å². The number of nitrogens with one attached hydrogen (secondary N) is 1. The molecule has 2 rings (SSSR count). The standard InChI is InChI=1S/C15H21N3O2/c1-4-16-11(2)9-13-5-7-14(8-6-13)19-10-15-18-17-12(3)20-15/h5-8,11,16H,4,9-10H2,1-3H3. The van der Waals surface area contributed by atoms with E-state index in [9.17, 15) is 0 Å². The lowest BCUT2D eigenvalue weighted by molar-refractivity contribution is 0.260. The molecule has 0 radical (unpaired) electrons. The molecule has 2 aromatic rings. The summed E-state index contributed by atoms with van der Waals surface area (Å²) in [6, 6.07) is 8.59. The molecule has 0 saturated carbocycles. The molecule has 1 N–H and O–H groups in total. The summed E-state index contributed by atoms with van der Waals surface area (Å²) in [6.07, 6.45) is 1.01. The first kappa shape index (κ1) is 14.5. The highest BCUT2D eigenvalue weighted by atomic mass is 16.5. The van der Waals surface area contributed by atoms with E-state index in [-0.39, 0.29) is 0 Å². The molecule has 1 aromatic carbocycles. The quantitative estimate of drug-likeness (QED) is 0.841. The monoisotopic (exact) mass is 275 g/mol. The highest BCUT2D eigenvalue weighted by molar-refractivity contribution is 5.27. The molecule has 5 heteroatoms. The predicted octanol–water partition coefficient (Wildman–Crippen LogP) is 2.50. The molecule has 20 heavy (non-hydrogen) atoms. The Bertz CT molecular complexity index is 522. The summed E-state index contributed by atoms with van der Waals surface area (Å²) in [4.78, 5) is 0. The highest BCUT2D eigenvalue weighted by Crippen LogP contribution is 2.15. The number of aryl methyl sites for hydroxylation is 1. The maximum absolute atomic E-state index is 5.60. The number of hydrogen-bond donors (Lipinski definition) is 1. The molecule has 0 bridgehead atoms. The number of aromatic nitrogens is 2. The van der Waals surface area contributed by atoms with Gasteiger partial charge in [-0.2, -0.15) is 0 Å². The van der Waals surface area contributed by atoms with E-state index >= 15 is 0 Å². The third kappa shape index (κ3) is 4.35. The molecule has 1 unspecified atom stereocenters. The maximum Gasteiger partial charge on any atom is 0.253 e. The molecule has 0 saturated heterocycles. The van der Waals surface area contributed by atoms with Crippen LogP contribution in [-0.2, 0) is 13.0 Å². The Kier molecular flexibility index (Phi) is 5.12. The van der Waals surface area contributed by atoms with Crippen molar-refractivity contribution >= 4 is 0 Å². The fourth-order valence-electron chi connectivity index (χ4n) is 2.04. The first-order valence-corrected chi connectivity index (χ1v) is 6.91. The third-order valence-corrected chi connectivity index (χ3v) is 2.95. The van der Waals surface area contributed by atoms with Crippen molar-refractivity contribution in [3.8, 4) is 5.75 Å². The van der Waals surface area contributed by atoms with Gasteiger partial charge in [-0.15, -0.1) is 10.2 Å². The van der Waals surface area contributed by atoms with Crippen molar-refractivity contribution in [2.45, 2.75) is 39.8 Å². The van der Waals surface area contributed by atoms with Crippen molar-refractivity contribution in [2.24, 2.45) is 0 Å². The molecule has 1 aromatic heterocycles. The van der Waals surface area contributed by atoms with Gasteiger partial charge in [-0.25, -0.2) is 0 Å². The van der Waals surface area contributed by atoms with Gasteiger partial charge in [0.15, 0.2) is 6.61 Å². The van der Waals surface area contributed by atoms with Gasteiger partial charge in [0.25, 0.3) is 5.89 Å². The molecule has 0 spiro atoms. The minimum atomic E-state index is 0.300. The van der Waals surface area contributed by atoms with Crippen molar-refractivity contribution in [1.29, 1.82) is 0 Å². The zero-order chi connectivity index (χ0) is 14.4. The van der Waals surface area contributed by atoms with Crippen molar-refractivity contribution in [2.75, 3.05) is 6.54 Å². The van der Waals surface area contributed by atoms with Crippen LogP contribution in [0.5, 0.6) is 5.75 Å². The van der Waals surface area contributed by atoms with Gasteiger partial charge in [-0.05, 0) is 37.6 Å². The van der Waals surface area contributed by atoms with Crippen molar-refractivity contribution in [3.05, 3.63) is 41.6 Å². The summed E-state index contributed by atoms with van der Waals surface area (Å²) in [7, 11) is 0. The van der Waals surface area contributed by atoms with Crippen molar-refractivity contribution < 1.29 is 9.15 Å². The first-order valence-electron chi connectivity index (χ1n) is 6.91. The van der Waals surface area contributed by atoms with Crippen LogP contribution in [0.2, 0.25) is 0 Å². The minimum Gasteiger partial charge on any atom is -0.484 e. The molecule has 1 atom stereocenters. The average molecular weight is 275 g/mol. The average Bonchev–Trinajstić information content (AvgIpc) is 2.84. The van der Waals surface area contributed by atoms with E-state index in [4.69, 9.17) is 9.15 Å². The van der Waals surface area contributed by atoms with E-state index < -0.39 is 0 Å². The zero-order valence-electron chi connectivity index (χ0n) is 12.2. The van der Waals surface area contributed by atoms with E-state index in [1.807, 2.05) is 12.1 Å². The van der Waals surface area contributed by atoms with Gasteiger partial charge < -0.3 is 14.5 Å². The third-order valence-electron chi connectivity index (χ3n) is 2.95. The highest BCUT2D eigenvalue weighted by Gasteiger charge is 2.04. The van der Waals surface area contributed by atoms with E-state index in [1.54, 1.807) is 6.92 Å². The molecule has 1 heterocycles. The Morgan fingerprint density at radius 2 is 2.00 bits per heavy atom. The normalized spacial score (nSPS) is 12.3. The fourth-order valence-corrected chi connectivity index (χ4v) is 2.04. The topological polar surface area (TPSA) is 60.2 Å². The molecular weight excluding hydrogens is 254 g/mol. The Labute approximate surface area is 119 Å². The first-order chi connectivity index (χ1) is 9.67. The second-order valence-corrected chi connectivity index (χ2v) is 4.81. The van der Waals surface area contributed by atoms with Crippen LogP contribution in [0.3, 0.4) is 0 Å². The van der Waals surface area contributed by atoms with Crippen LogP contribution in [0.4, 0.5) is 0 Å². The second kappa shape index (κ2) is 7.05. The SMILES string of the molecule is CCNC(C)Cc1ccc(OCc2nnc(C)o2)cc1. The number of hydrogen-bond acceptors (Lipinski definition) is 5. The zero-order valence-corrected chi connectivity index (χ0v) is 12.2. The van der Waals surface area contributed by atoms with Crippen molar-refractivity contribution in [3.63, 3.8) is 0 Å². The minimum absolute atomic E-state index is 0.300. The van der Waals surface area contributed by atoms with E-state index in [2.05, 4.69) is 41.5 Å². The fraction of sp³-hybridized carbons (Fsp3) is 0.467. The van der Waals surface area contributed by atoms with Gasteiger partial charge >= 0.3 is 0 Å². The largest absolute Gasteiger partial charge is 0.484 e. The number of benzene rings is 1. The van der Waals surface area contributed by atoms with E-state index in [1.165, 1.54) is 5.56 Å². The van der Waals surface area contributed by atoms with Gasteiger partial charge in [-0.3, -0.25) is 0 Å². The molecule has 0 aliphatic carbocycles. The Morgan fingerprint density at radius 3 is 2.60 bits per heavy atom. The molecule has 0 amide bonds. The number of rotatable bonds is 7. The lowest BCUT2D eigenvalue weighted by atomic mass is 10.1. The van der Waals surface area contributed by atoms with Crippen LogP contribution in [0.25, 0.3) is 0 Å². The summed E-state index contributed by atoms with van der Waals surface area (Å²) < 4.78 is 10.9. The molecular formula is C15H21N3O2. The van der Waals surface area contributed by atoms with Gasteiger partial charge in [0.1, 0.15) is 5.75 Å². The lowest BCUT2D eigenvalue weighted by Gasteiger charge is -2.12. The number of ether oxygens (including phenoxy) is 1. The Hall–Kier alpha value is -1.88. The summed E-state index contributed by atoms with van der Waals surface area (Å²) in [5.41, 5.74) is 1.29. The maximum atomic E-state index is 5.60. The Morgan fingerprint density at radius 1 is 1.25 bits per heavy atom. The van der Waals surface area contributed by atoms with Crippen LogP contribution in [0.15, 0.2) is 28.7 Å². The van der Waals surface area contributed by atoms with Gasteiger partial charge in [-0.1, -0.05) is 19.1 Å². The molecule has 0 fully saturated rings. The molecule has 0 aliphatic heterocycles. The van der Waals surface area contributed by atoms with Crippen molar-refractivity contribution in [1.82, 2.24) is 15.5 Å². The Balaban J connectivity index is 1.85. The van der Waals surface area contributed by atoms with Gasteiger partial charge in [0, 0.05) is 13.0 Å². The lowest BCUT2D eigenvalue weighted by Crippen LogP contribution is -2.27. The number of nitrogens with zero attached hydrogens (tertiary/aromatic N) is 2. The predicted molar refractivity (Wildman–Crippen MR) is 76.7 cm³/mol. The number of likely N-dealkylation sites (N-methyl/N-ethyl adjacent to an activating group) is 1. The van der Waals surface area contributed by atoms with E-state index in [0.29, 0.717) is 24.4 Å². The molecule has 108 valence electrons. The summed E-state index contributed by atoms with van der Waals surface area (Å²) in [5.74, 6) is 1.85. The molecule has 0 aliphatic rings. The van der Waals surface area contributed by atoms with Crippen LogP contribution >= 0.6 is 0 Å². The van der Waals surface area contributed by atoms with Crippen LogP contribution in [0.1, 0.15) is 31.2 Å². The van der Waals surface area contributed by atoms with Crippen LogP contribution < -0.4 is 10.1 Å². The summed E-state index contributed by atoms with van der Waals surface area (Å²) >= 11 is 0. The summed E-state index contributed by atoms with van der Waals surface area (Å²) in [6.45, 7) is 7.36. The molecule has 5 nitrogen and oxygen atoms in total. The van der Waals surface area contributed by atoms with Crippen LogP contribution in [-0.4, -0.2) is 22.8 Å². The van der Waals surface area contributed by atoms with Gasteiger partial charge in [0.05, 0.1) is 0 Å². The smallest absolute Gasteiger partial charge is 0.253 e. The summed E-state index contributed by atoms with van der Waals surface area (Å²) in [5, 5.41) is 11.0.